The molecule has 2 N–H and O–H groups in total. The van der Waals surface area contributed by atoms with Crippen LogP contribution in [0.2, 0.25) is 0 Å². The van der Waals surface area contributed by atoms with Crippen molar-refractivity contribution in [2.75, 3.05) is 37.1 Å². The van der Waals surface area contributed by atoms with Crippen LogP contribution in [0.4, 0.5) is 10.1 Å². The molecule has 7 heteroatoms. The number of amides is 2. The molecule has 0 unspecified atom stereocenters. The second-order valence-electron chi connectivity index (χ2n) is 4.24. The number of hydrogen-bond acceptors (Lipinski definition) is 4. The van der Waals surface area contributed by atoms with E-state index in [0.717, 1.165) is 6.42 Å². The normalized spacial score (nSPS) is 10.2. The van der Waals surface area contributed by atoms with Crippen molar-refractivity contribution in [3.8, 4) is 0 Å². The van der Waals surface area contributed by atoms with E-state index in [9.17, 15) is 14.0 Å². The molecule has 0 aromatic heterocycles. The van der Waals surface area contributed by atoms with Gasteiger partial charge in [0.05, 0.1) is 11.5 Å². The van der Waals surface area contributed by atoms with E-state index in [2.05, 4.69) is 10.6 Å². The average Bonchev–Trinajstić information content (AvgIpc) is 2.46. The van der Waals surface area contributed by atoms with Gasteiger partial charge in [0.2, 0.25) is 11.8 Å². The summed E-state index contributed by atoms with van der Waals surface area (Å²) in [5, 5.41) is 5.36. The first kappa shape index (κ1) is 17.5. The van der Waals surface area contributed by atoms with Crippen LogP contribution < -0.4 is 10.6 Å². The maximum atomic E-state index is 12.7. The molecule has 0 heterocycles. The molecule has 5 nitrogen and oxygen atoms in total. The molecule has 1 aromatic rings. The van der Waals surface area contributed by atoms with Crippen LogP contribution >= 0.6 is 11.8 Å². The second kappa shape index (κ2) is 10.2. The Bertz CT molecular complexity index is 454. The summed E-state index contributed by atoms with van der Waals surface area (Å²) in [6.07, 6.45) is 0.762. The summed E-state index contributed by atoms with van der Waals surface area (Å²) in [5.41, 5.74) is 0.533. The van der Waals surface area contributed by atoms with Crippen LogP contribution in [0.25, 0.3) is 0 Å². The van der Waals surface area contributed by atoms with Crippen molar-refractivity contribution in [3.63, 3.8) is 0 Å². The largest absolute Gasteiger partial charge is 0.385 e. The summed E-state index contributed by atoms with van der Waals surface area (Å²) in [6, 6.07) is 5.52. The zero-order valence-electron chi connectivity index (χ0n) is 11.9. The van der Waals surface area contributed by atoms with E-state index in [1.54, 1.807) is 7.11 Å². The van der Waals surface area contributed by atoms with E-state index in [4.69, 9.17) is 4.74 Å². The van der Waals surface area contributed by atoms with Crippen LogP contribution in [-0.2, 0) is 14.3 Å². The highest BCUT2D eigenvalue weighted by molar-refractivity contribution is 8.00. The predicted octanol–water partition coefficient (Wildman–Crippen LogP) is 1.65. The molecule has 1 aromatic carbocycles. The molecule has 0 fully saturated rings. The standard InChI is InChI=1S/C14H19FN2O3S/c1-20-8-2-7-16-13(18)9-21-10-14(19)17-12-5-3-11(15)4-6-12/h3-6H,2,7-10H2,1H3,(H,16,18)(H,17,19). The highest BCUT2D eigenvalue weighted by Gasteiger charge is 2.06. The number of carbonyl (C=O) groups excluding carboxylic acids is 2. The maximum Gasteiger partial charge on any atom is 0.234 e. The van der Waals surface area contributed by atoms with Crippen LogP contribution in [0.15, 0.2) is 24.3 Å². The van der Waals surface area contributed by atoms with Gasteiger partial charge in [-0.1, -0.05) is 0 Å². The van der Waals surface area contributed by atoms with Gasteiger partial charge in [0.1, 0.15) is 5.82 Å². The number of halogens is 1. The molecular formula is C14H19FN2O3S. The molecule has 2 amide bonds. The first-order chi connectivity index (χ1) is 10.1. The van der Waals surface area contributed by atoms with Crippen LogP contribution in [0, 0.1) is 5.82 Å². The molecule has 0 saturated carbocycles. The summed E-state index contributed by atoms with van der Waals surface area (Å²) in [5.74, 6) is -0.288. The molecule has 0 aliphatic rings. The number of nitrogens with one attached hydrogen (secondary N) is 2. The van der Waals surface area contributed by atoms with Crippen molar-refractivity contribution in [3.05, 3.63) is 30.1 Å². The van der Waals surface area contributed by atoms with E-state index in [-0.39, 0.29) is 29.1 Å². The topological polar surface area (TPSA) is 67.4 Å². The Labute approximate surface area is 127 Å². The lowest BCUT2D eigenvalue weighted by Gasteiger charge is -2.06. The summed E-state index contributed by atoms with van der Waals surface area (Å²) in [4.78, 5) is 23.0. The van der Waals surface area contributed by atoms with Gasteiger partial charge < -0.3 is 15.4 Å². The maximum absolute atomic E-state index is 12.7. The lowest BCUT2D eigenvalue weighted by Crippen LogP contribution is -2.27. The number of benzene rings is 1. The van der Waals surface area contributed by atoms with Crippen LogP contribution in [0.3, 0.4) is 0 Å². The first-order valence-electron chi connectivity index (χ1n) is 6.50. The average molecular weight is 314 g/mol. The van der Waals surface area contributed by atoms with Gasteiger partial charge in [0.15, 0.2) is 0 Å². The lowest BCUT2D eigenvalue weighted by atomic mass is 10.3. The van der Waals surface area contributed by atoms with Crippen LogP contribution in [0.5, 0.6) is 0 Å². The number of hydrogen-bond donors (Lipinski definition) is 2. The minimum absolute atomic E-state index is 0.106. The highest BCUT2D eigenvalue weighted by atomic mass is 32.2. The van der Waals surface area contributed by atoms with Gasteiger partial charge in [-0.15, -0.1) is 11.8 Å². The van der Waals surface area contributed by atoms with Crippen molar-refractivity contribution < 1.29 is 18.7 Å². The Morgan fingerprint density at radius 1 is 1.19 bits per heavy atom. The SMILES string of the molecule is COCCCNC(=O)CSCC(=O)Nc1ccc(F)cc1. The second-order valence-corrected chi connectivity index (χ2v) is 5.23. The fraction of sp³-hybridized carbons (Fsp3) is 0.429. The monoisotopic (exact) mass is 314 g/mol. The molecule has 1 rings (SSSR count). The fourth-order valence-electron chi connectivity index (χ4n) is 1.46. The Morgan fingerprint density at radius 2 is 1.86 bits per heavy atom. The van der Waals surface area contributed by atoms with Gasteiger partial charge >= 0.3 is 0 Å². The molecule has 0 aliphatic carbocycles. The summed E-state index contributed by atoms with van der Waals surface area (Å²) >= 11 is 1.23. The zero-order valence-corrected chi connectivity index (χ0v) is 12.7. The predicted molar refractivity (Wildman–Crippen MR) is 81.9 cm³/mol. The van der Waals surface area contributed by atoms with Crippen molar-refractivity contribution in [1.82, 2.24) is 5.32 Å². The van der Waals surface area contributed by atoms with Crippen molar-refractivity contribution in [1.29, 1.82) is 0 Å². The van der Waals surface area contributed by atoms with Crippen molar-refractivity contribution >= 4 is 29.3 Å². The summed E-state index contributed by atoms with van der Waals surface area (Å²) in [7, 11) is 1.61. The van der Waals surface area contributed by atoms with Crippen LogP contribution in [0.1, 0.15) is 6.42 Å². The third-order valence-corrected chi connectivity index (χ3v) is 3.37. The highest BCUT2D eigenvalue weighted by Crippen LogP contribution is 2.09. The van der Waals surface area contributed by atoms with E-state index >= 15 is 0 Å². The Balaban J connectivity index is 2.12. The van der Waals surface area contributed by atoms with E-state index < -0.39 is 0 Å². The van der Waals surface area contributed by atoms with Gasteiger partial charge in [-0.2, -0.15) is 0 Å². The van der Waals surface area contributed by atoms with Gasteiger partial charge in [0, 0.05) is 25.9 Å². The minimum Gasteiger partial charge on any atom is -0.385 e. The fourth-order valence-corrected chi connectivity index (χ4v) is 2.11. The van der Waals surface area contributed by atoms with Crippen molar-refractivity contribution in [2.45, 2.75) is 6.42 Å². The summed E-state index contributed by atoms with van der Waals surface area (Å²) < 4.78 is 17.6. The number of anilines is 1. The molecule has 0 aliphatic heterocycles. The smallest absolute Gasteiger partial charge is 0.234 e. The number of ether oxygens (including phenoxy) is 1. The van der Waals surface area contributed by atoms with E-state index in [1.165, 1.54) is 36.0 Å². The number of methoxy groups -OCH3 is 1. The molecule has 0 spiro atoms. The minimum atomic E-state index is -0.354. The molecule has 0 bridgehead atoms. The molecule has 0 radical (unpaired) electrons. The Kier molecular flexibility index (Phi) is 8.45. The molecule has 0 atom stereocenters. The molecule has 21 heavy (non-hydrogen) atoms. The van der Waals surface area contributed by atoms with E-state index in [0.29, 0.717) is 18.8 Å². The zero-order chi connectivity index (χ0) is 15.5. The van der Waals surface area contributed by atoms with Crippen LogP contribution in [-0.4, -0.2) is 43.6 Å². The summed E-state index contributed by atoms with van der Waals surface area (Å²) in [6.45, 7) is 1.17. The number of rotatable bonds is 9. The van der Waals surface area contributed by atoms with Gasteiger partial charge in [-0.25, -0.2) is 4.39 Å². The van der Waals surface area contributed by atoms with Gasteiger partial charge in [0.25, 0.3) is 0 Å². The van der Waals surface area contributed by atoms with Gasteiger partial charge in [-0.05, 0) is 30.7 Å². The molecule has 0 saturated heterocycles. The Hall–Kier alpha value is -1.60. The lowest BCUT2D eigenvalue weighted by molar-refractivity contribution is -0.118. The number of thioether (sulfide) groups is 1. The third-order valence-electron chi connectivity index (χ3n) is 2.44. The van der Waals surface area contributed by atoms with Crippen molar-refractivity contribution in [2.24, 2.45) is 0 Å². The first-order valence-corrected chi connectivity index (χ1v) is 7.66. The quantitative estimate of drug-likeness (QED) is 0.680. The van der Waals surface area contributed by atoms with Gasteiger partial charge in [-0.3, -0.25) is 9.59 Å². The molecular weight excluding hydrogens is 295 g/mol. The Morgan fingerprint density at radius 3 is 2.52 bits per heavy atom. The number of carbonyl (C=O) groups is 2. The third kappa shape index (κ3) is 8.31. The van der Waals surface area contributed by atoms with E-state index in [1.807, 2.05) is 0 Å². The molecule has 116 valence electrons.